The molecule has 0 aromatic heterocycles. The third kappa shape index (κ3) is 3.57. The molecule has 2 aromatic rings. The van der Waals surface area contributed by atoms with Crippen molar-refractivity contribution < 1.29 is 8.42 Å². The fourth-order valence-corrected chi connectivity index (χ4v) is 4.67. The molecule has 20 heavy (non-hydrogen) atoms. The monoisotopic (exact) mass is 501 g/mol. The van der Waals surface area contributed by atoms with Crippen LogP contribution in [0.3, 0.4) is 0 Å². The van der Waals surface area contributed by atoms with Crippen molar-refractivity contribution in [2.24, 2.45) is 0 Å². The third-order valence-electron chi connectivity index (χ3n) is 2.40. The number of sulfonamides is 1. The molecule has 1 N–H and O–H groups in total. The summed E-state index contributed by atoms with van der Waals surface area (Å²) in [7, 11) is -3.70. The number of nitrogens with one attached hydrogen (secondary N) is 1. The van der Waals surface area contributed by atoms with Gasteiger partial charge in [-0.15, -0.1) is 0 Å². The van der Waals surface area contributed by atoms with E-state index in [0.717, 1.165) is 0 Å². The van der Waals surface area contributed by atoms with Crippen LogP contribution in [0.25, 0.3) is 0 Å². The normalized spacial score (nSPS) is 11.4. The Hall–Kier alpha value is -0.0800. The van der Waals surface area contributed by atoms with E-state index in [2.05, 4.69) is 52.5 Å². The second-order valence-electron chi connectivity index (χ2n) is 3.78. The molecule has 106 valence electrons. The fraction of sp³-hybridized carbons (Fsp3) is 0. The van der Waals surface area contributed by atoms with Gasteiger partial charge in [-0.3, -0.25) is 4.72 Å². The molecule has 0 radical (unpaired) electrons. The molecule has 0 spiro atoms. The number of hydrogen-bond acceptors (Lipinski definition) is 2. The molecule has 2 rings (SSSR count). The van der Waals surface area contributed by atoms with Gasteiger partial charge >= 0.3 is 0 Å². The zero-order chi connectivity index (χ0) is 14.9. The van der Waals surface area contributed by atoms with Gasteiger partial charge in [0.2, 0.25) is 0 Å². The Bertz CT molecular complexity index is 745. The van der Waals surface area contributed by atoms with Crippen molar-refractivity contribution in [1.29, 1.82) is 0 Å². The standard InChI is InChI=1S/C12H7Br3ClNO2S/c13-8-2-1-3-9(14)12(8)17-20(18,19)7-4-5-11(16)10(15)6-7/h1-6,17H. The van der Waals surface area contributed by atoms with Gasteiger partial charge in [0.25, 0.3) is 10.0 Å². The predicted molar refractivity (Wildman–Crippen MR) is 91.8 cm³/mol. The van der Waals surface area contributed by atoms with Crippen LogP contribution in [-0.4, -0.2) is 8.42 Å². The Kier molecular flexibility index (Phi) is 5.18. The SMILES string of the molecule is O=S(=O)(Nc1c(Br)cccc1Br)c1ccc(Cl)c(Br)c1. The second kappa shape index (κ2) is 6.36. The van der Waals surface area contributed by atoms with Crippen LogP contribution >= 0.6 is 59.4 Å². The van der Waals surface area contributed by atoms with Crippen molar-refractivity contribution in [1.82, 2.24) is 0 Å². The summed E-state index contributed by atoms with van der Waals surface area (Å²) >= 11 is 15.7. The summed E-state index contributed by atoms with van der Waals surface area (Å²) in [6.07, 6.45) is 0. The lowest BCUT2D eigenvalue weighted by atomic mass is 10.3. The van der Waals surface area contributed by atoms with E-state index in [-0.39, 0.29) is 4.90 Å². The van der Waals surface area contributed by atoms with E-state index in [9.17, 15) is 8.42 Å². The fourth-order valence-electron chi connectivity index (χ4n) is 1.43. The maximum Gasteiger partial charge on any atom is 0.262 e. The minimum absolute atomic E-state index is 0.122. The predicted octanol–water partition coefficient (Wildman–Crippen LogP) is 5.43. The average molecular weight is 504 g/mol. The van der Waals surface area contributed by atoms with Gasteiger partial charge in [0.05, 0.1) is 15.6 Å². The van der Waals surface area contributed by atoms with Crippen molar-refractivity contribution in [3.05, 3.63) is 54.8 Å². The Labute approximate surface area is 147 Å². The average Bonchev–Trinajstić information content (AvgIpc) is 2.37. The Balaban J connectivity index is 2.43. The van der Waals surface area contributed by atoms with E-state index < -0.39 is 10.0 Å². The number of halogens is 4. The summed E-state index contributed by atoms with van der Waals surface area (Å²) in [6, 6.07) is 9.72. The van der Waals surface area contributed by atoms with Gasteiger partial charge in [0.1, 0.15) is 0 Å². The molecular weight excluding hydrogens is 497 g/mol. The van der Waals surface area contributed by atoms with Gasteiger partial charge in [0.15, 0.2) is 0 Å². The van der Waals surface area contributed by atoms with E-state index in [0.29, 0.717) is 24.1 Å². The summed E-state index contributed by atoms with van der Waals surface area (Å²) in [5, 5.41) is 0.450. The molecule has 0 saturated carbocycles. The first-order chi connectivity index (χ1) is 9.31. The first-order valence-electron chi connectivity index (χ1n) is 5.23. The van der Waals surface area contributed by atoms with E-state index in [1.54, 1.807) is 18.2 Å². The largest absolute Gasteiger partial charge is 0.277 e. The topological polar surface area (TPSA) is 46.2 Å². The van der Waals surface area contributed by atoms with Gasteiger partial charge < -0.3 is 0 Å². The molecule has 0 saturated heterocycles. The maximum absolute atomic E-state index is 12.4. The lowest BCUT2D eigenvalue weighted by Crippen LogP contribution is -2.13. The quantitative estimate of drug-likeness (QED) is 0.606. The van der Waals surface area contributed by atoms with Gasteiger partial charge in [-0.2, -0.15) is 0 Å². The molecule has 0 aliphatic heterocycles. The highest BCUT2D eigenvalue weighted by Crippen LogP contribution is 2.33. The minimum atomic E-state index is -3.70. The number of rotatable bonds is 3. The number of benzene rings is 2. The highest BCUT2D eigenvalue weighted by molar-refractivity contribution is 9.11. The maximum atomic E-state index is 12.4. The number of hydrogen-bond donors (Lipinski definition) is 1. The van der Waals surface area contributed by atoms with Gasteiger partial charge in [-0.1, -0.05) is 17.7 Å². The van der Waals surface area contributed by atoms with Crippen molar-refractivity contribution in [3.63, 3.8) is 0 Å². The Morgan fingerprint density at radius 3 is 2.10 bits per heavy atom. The molecule has 3 nitrogen and oxygen atoms in total. The summed E-state index contributed by atoms with van der Waals surface area (Å²) in [5.41, 5.74) is 0.443. The highest BCUT2D eigenvalue weighted by Gasteiger charge is 2.18. The Morgan fingerprint density at radius 2 is 1.55 bits per heavy atom. The molecule has 0 atom stereocenters. The first kappa shape index (κ1) is 16.3. The summed E-state index contributed by atoms with van der Waals surface area (Å²) in [4.78, 5) is 0.122. The first-order valence-corrected chi connectivity index (χ1v) is 9.47. The zero-order valence-electron chi connectivity index (χ0n) is 9.70. The van der Waals surface area contributed by atoms with Crippen LogP contribution in [0.1, 0.15) is 0 Å². The molecule has 0 unspecified atom stereocenters. The van der Waals surface area contributed by atoms with E-state index >= 15 is 0 Å². The summed E-state index contributed by atoms with van der Waals surface area (Å²) < 4.78 is 29.0. The highest BCUT2D eigenvalue weighted by atomic mass is 79.9. The van der Waals surface area contributed by atoms with Crippen molar-refractivity contribution in [2.45, 2.75) is 4.90 Å². The molecule has 2 aromatic carbocycles. The third-order valence-corrected chi connectivity index (χ3v) is 6.28. The van der Waals surface area contributed by atoms with Gasteiger partial charge in [0, 0.05) is 13.4 Å². The molecular formula is C12H7Br3ClNO2S. The van der Waals surface area contributed by atoms with Crippen LogP contribution in [-0.2, 0) is 10.0 Å². The number of anilines is 1. The lowest BCUT2D eigenvalue weighted by molar-refractivity contribution is 0.601. The van der Waals surface area contributed by atoms with E-state index in [4.69, 9.17) is 11.6 Å². The van der Waals surface area contributed by atoms with Crippen molar-refractivity contribution in [3.8, 4) is 0 Å². The summed E-state index contributed by atoms with van der Waals surface area (Å²) in [6.45, 7) is 0. The minimum Gasteiger partial charge on any atom is -0.277 e. The molecule has 0 heterocycles. The zero-order valence-corrected chi connectivity index (χ0v) is 16.0. The van der Waals surface area contributed by atoms with Gasteiger partial charge in [-0.05, 0) is 78.1 Å². The van der Waals surface area contributed by atoms with Crippen LogP contribution in [0.15, 0.2) is 54.7 Å². The number of para-hydroxylation sites is 1. The second-order valence-corrected chi connectivity index (χ2v) is 8.43. The molecule has 8 heteroatoms. The smallest absolute Gasteiger partial charge is 0.262 e. The molecule has 0 aliphatic rings. The van der Waals surface area contributed by atoms with Crippen LogP contribution < -0.4 is 4.72 Å². The molecule has 0 bridgehead atoms. The lowest BCUT2D eigenvalue weighted by Gasteiger charge is -2.12. The molecule has 0 aliphatic carbocycles. The molecule has 0 fully saturated rings. The van der Waals surface area contributed by atoms with Crippen LogP contribution in [0.2, 0.25) is 5.02 Å². The Morgan fingerprint density at radius 1 is 0.950 bits per heavy atom. The summed E-state index contributed by atoms with van der Waals surface area (Å²) in [5.74, 6) is 0. The van der Waals surface area contributed by atoms with Crippen LogP contribution in [0, 0.1) is 0 Å². The van der Waals surface area contributed by atoms with Crippen LogP contribution in [0.4, 0.5) is 5.69 Å². The van der Waals surface area contributed by atoms with Gasteiger partial charge in [-0.25, -0.2) is 8.42 Å². The van der Waals surface area contributed by atoms with Crippen molar-refractivity contribution in [2.75, 3.05) is 4.72 Å². The van der Waals surface area contributed by atoms with Crippen LogP contribution in [0.5, 0.6) is 0 Å². The molecule has 0 amide bonds. The van der Waals surface area contributed by atoms with E-state index in [1.165, 1.54) is 18.2 Å². The van der Waals surface area contributed by atoms with Crippen molar-refractivity contribution >= 4 is 75.1 Å². The van der Waals surface area contributed by atoms with E-state index in [1.807, 2.05) is 0 Å².